The monoisotopic (exact) mass is 548 g/mol. The van der Waals surface area contributed by atoms with E-state index in [4.69, 9.17) is 18.9 Å². The number of carbonyl (C=O) groups excluding carboxylic acids is 2. The number of carboxylic acid groups (broad SMARTS) is 1. The molecular weight excluding hydrogens is 512 g/mol. The van der Waals surface area contributed by atoms with E-state index in [0.717, 1.165) is 0 Å². The number of carbonyl (C=O) groups is 3. The zero-order valence-electron chi connectivity index (χ0n) is 22.9. The van der Waals surface area contributed by atoms with Crippen LogP contribution in [0.2, 0.25) is 0 Å². The van der Waals surface area contributed by atoms with Crippen molar-refractivity contribution in [2.45, 2.75) is 53.4 Å². The standard InChI is InChI=1S/C27H36N2O10/c1-6-11-36-14-19-22(24(30)31)21(17-9-8-10-18(13-17)29(34)35)23(20(28-19)15-37-12-7-2)25(32)38-16-39-26(33)27(3,4)5/h8-10,13,21-22H,6-7,11-12,14-16H2,1-5H3,(H,30,31). The van der Waals surface area contributed by atoms with Crippen molar-refractivity contribution in [2.75, 3.05) is 33.2 Å². The summed E-state index contributed by atoms with van der Waals surface area (Å²) in [6, 6.07) is 5.39. The Labute approximate surface area is 227 Å². The Morgan fingerprint density at radius 3 is 2.26 bits per heavy atom. The first-order valence-corrected chi connectivity index (χ1v) is 12.7. The van der Waals surface area contributed by atoms with Crippen molar-refractivity contribution in [1.29, 1.82) is 0 Å². The van der Waals surface area contributed by atoms with Gasteiger partial charge >= 0.3 is 17.9 Å². The van der Waals surface area contributed by atoms with Crippen molar-refractivity contribution in [1.82, 2.24) is 0 Å². The van der Waals surface area contributed by atoms with Crippen molar-refractivity contribution in [3.63, 3.8) is 0 Å². The second-order valence-corrected chi connectivity index (χ2v) is 9.95. The Morgan fingerprint density at radius 2 is 1.69 bits per heavy atom. The van der Waals surface area contributed by atoms with E-state index >= 15 is 0 Å². The van der Waals surface area contributed by atoms with Crippen LogP contribution in [-0.2, 0) is 33.3 Å². The highest BCUT2D eigenvalue weighted by Gasteiger charge is 2.44. The largest absolute Gasteiger partial charge is 0.481 e. The number of nitro groups is 1. The molecule has 1 N–H and O–H groups in total. The maximum atomic E-state index is 13.5. The first-order chi connectivity index (χ1) is 18.4. The SMILES string of the molecule is CCCOCC1=NC(COCCC)=C(C(=O)OCOC(=O)C(C)(C)C)C(c2cccc([N+](=O)[O-])c2)C1C(=O)O. The third kappa shape index (κ3) is 8.69. The topological polar surface area (TPSA) is 164 Å². The maximum absolute atomic E-state index is 13.5. The lowest BCUT2D eigenvalue weighted by Crippen LogP contribution is -2.39. The van der Waals surface area contributed by atoms with Crippen molar-refractivity contribution in [3.05, 3.63) is 51.2 Å². The first kappa shape index (κ1) is 31.6. The molecule has 0 aliphatic carbocycles. The van der Waals surface area contributed by atoms with E-state index in [9.17, 15) is 29.6 Å². The van der Waals surface area contributed by atoms with Crippen molar-refractivity contribution in [3.8, 4) is 0 Å². The number of hydrogen-bond donors (Lipinski definition) is 1. The van der Waals surface area contributed by atoms with Gasteiger partial charge in [-0.1, -0.05) is 26.0 Å². The van der Waals surface area contributed by atoms with E-state index in [1.165, 1.54) is 24.3 Å². The van der Waals surface area contributed by atoms with Gasteiger partial charge in [0.05, 0.1) is 40.5 Å². The molecule has 1 aliphatic rings. The predicted octanol–water partition coefficient (Wildman–Crippen LogP) is 4.03. The third-order valence-corrected chi connectivity index (χ3v) is 5.70. The highest BCUT2D eigenvalue weighted by molar-refractivity contribution is 6.08. The minimum atomic E-state index is -1.39. The molecular formula is C27H36N2O10. The van der Waals surface area contributed by atoms with E-state index < -0.39 is 46.9 Å². The normalized spacial score (nSPS) is 17.4. The molecule has 0 bridgehead atoms. The van der Waals surface area contributed by atoms with E-state index in [2.05, 4.69) is 4.99 Å². The molecule has 0 spiro atoms. The maximum Gasteiger partial charge on any atom is 0.339 e. The Morgan fingerprint density at radius 1 is 1.05 bits per heavy atom. The number of benzene rings is 1. The summed E-state index contributed by atoms with van der Waals surface area (Å²) in [6.07, 6.45) is 1.37. The molecule has 1 aliphatic heterocycles. The van der Waals surface area contributed by atoms with Gasteiger partial charge in [0.1, 0.15) is 5.92 Å². The molecule has 39 heavy (non-hydrogen) atoms. The predicted molar refractivity (Wildman–Crippen MR) is 140 cm³/mol. The van der Waals surface area contributed by atoms with E-state index in [0.29, 0.717) is 26.1 Å². The summed E-state index contributed by atoms with van der Waals surface area (Å²) < 4.78 is 21.6. The highest BCUT2D eigenvalue weighted by atomic mass is 16.7. The number of esters is 2. The van der Waals surface area contributed by atoms with Crippen LogP contribution >= 0.6 is 0 Å². The fourth-order valence-corrected chi connectivity index (χ4v) is 3.86. The summed E-state index contributed by atoms with van der Waals surface area (Å²) in [5, 5.41) is 21.8. The molecule has 0 amide bonds. The average molecular weight is 549 g/mol. The summed E-state index contributed by atoms with van der Waals surface area (Å²) in [7, 11) is 0. The van der Waals surface area contributed by atoms with Crippen LogP contribution in [0.5, 0.6) is 0 Å². The van der Waals surface area contributed by atoms with E-state index in [1.54, 1.807) is 20.8 Å². The van der Waals surface area contributed by atoms with Crippen LogP contribution in [0.15, 0.2) is 40.5 Å². The minimum absolute atomic E-state index is 0.111. The molecule has 1 aromatic rings. The molecule has 12 nitrogen and oxygen atoms in total. The quantitative estimate of drug-likeness (QED) is 0.118. The molecule has 1 heterocycles. The number of rotatable bonds is 14. The number of aliphatic imine (C=N–C) groups is 1. The van der Waals surface area contributed by atoms with Gasteiger partial charge in [-0.05, 0) is 39.2 Å². The Bertz CT molecular complexity index is 1120. The highest BCUT2D eigenvalue weighted by Crippen LogP contribution is 2.41. The van der Waals surface area contributed by atoms with Gasteiger partial charge in [-0.25, -0.2) is 4.79 Å². The molecule has 12 heteroatoms. The zero-order chi connectivity index (χ0) is 29.2. The lowest BCUT2D eigenvalue weighted by molar-refractivity contribution is -0.384. The summed E-state index contributed by atoms with van der Waals surface area (Å²) in [4.78, 5) is 53.6. The number of aliphatic carboxylic acids is 1. The molecule has 2 unspecified atom stereocenters. The molecule has 2 atom stereocenters. The van der Waals surface area contributed by atoms with Crippen LogP contribution in [0.1, 0.15) is 58.9 Å². The van der Waals surface area contributed by atoms with Gasteiger partial charge in [-0.15, -0.1) is 0 Å². The smallest absolute Gasteiger partial charge is 0.339 e. The van der Waals surface area contributed by atoms with Crippen LogP contribution in [0.4, 0.5) is 5.69 Å². The molecule has 0 aromatic heterocycles. The second-order valence-electron chi connectivity index (χ2n) is 9.95. The summed E-state index contributed by atoms with van der Waals surface area (Å²) in [5.74, 6) is -5.49. The fourth-order valence-electron chi connectivity index (χ4n) is 3.86. The van der Waals surface area contributed by atoms with Crippen molar-refractivity contribution < 1.29 is 43.4 Å². The molecule has 0 radical (unpaired) electrons. The average Bonchev–Trinajstić information content (AvgIpc) is 2.87. The number of hydrogen-bond acceptors (Lipinski definition) is 10. The van der Waals surface area contributed by atoms with E-state index in [1.807, 2.05) is 13.8 Å². The number of ether oxygens (including phenoxy) is 4. The minimum Gasteiger partial charge on any atom is -0.481 e. The van der Waals surface area contributed by atoms with Gasteiger partial charge in [0.2, 0.25) is 6.79 Å². The first-order valence-electron chi connectivity index (χ1n) is 12.7. The van der Waals surface area contributed by atoms with Gasteiger partial charge in [0.15, 0.2) is 0 Å². The van der Waals surface area contributed by atoms with Crippen LogP contribution in [0.25, 0.3) is 0 Å². The Hall–Kier alpha value is -3.64. The van der Waals surface area contributed by atoms with Gasteiger partial charge in [0.25, 0.3) is 5.69 Å². The number of nitro benzene ring substituents is 1. The summed E-state index contributed by atoms with van der Waals surface area (Å²) in [6.45, 7) is 8.42. The Kier molecular flexibility index (Phi) is 11.7. The number of carboxylic acids is 1. The lowest BCUT2D eigenvalue weighted by Gasteiger charge is -2.32. The second kappa shape index (κ2) is 14.5. The molecule has 0 fully saturated rings. The zero-order valence-corrected chi connectivity index (χ0v) is 22.9. The lowest BCUT2D eigenvalue weighted by atomic mass is 9.75. The Balaban J connectivity index is 2.64. The molecule has 0 saturated carbocycles. The summed E-state index contributed by atoms with van der Waals surface area (Å²) in [5.41, 5.74) is -0.819. The van der Waals surface area contributed by atoms with Gasteiger partial charge in [-0.3, -0.25) is 24.7 Å². The molecule has 214 valence electrons. The third-order valence-electron chi connectivity index (χ3n) is 5.70. The molecule has 1 aromatic carbocycles. The van der Waals surface area contributed by atoms with Crippen LogP contribution in [0, 0.1) is 21.4 Å². The van der Waals surface area contributed by atoms with Crippen LogP contribution < -0.4 is 0 Å². The van der Waals surface area contributed by atoms with Crippen molar-refractivity contribution in [2.24, 2.45) is 16.3 Å². The number of nitrogens with zero attached hydrogens (tertiary/aromatic N) is 2. The van der Waals surface area contributed by atoms with E-state index in [-0.39, 0.29) is 41.4 Å². The van der Waals surface area contributed by atoms with Gasteiger partial charge in [-0.2, -0.15) is 0 Å². The fraction of sp³-hybridized carbons (Fsp3) is 0.556. The molecule has 0 saturated heterocycles. The van der Waals surface area contributed by atoms with Gasteiger partial charge in [0, 0.05) is 31.3 Å². The van der Waals surface area contributed by atoms with Crippen LogP contribution in [-0.4, -0.2) is 66.9 Å². The van der Waals surface area contributed by atoms with Crippen molar-refractivity contribution >= 4 is 29.3 Å². The summed E-state index contributed by atoms with van der Waals surface area (Å²) >= 11 is 0. The van der Waals surface area contributed by atoms with Crippen LogP contribution in [0.3, 0.4) is 0 Å². The molecule has 2 rings (SSSR count). The number of non-ortho nitro benzene ring substituents is 1. The van der Waals surface area contributed by atoms with Gasteiger partial charge < -0.3 is 24.1 Å².